The highest BCUT2D eigenvalue weighted by atomic mass is 14.1. The van der Waals surface area contributed by atoms with E-state index in [-0.39, 0.29) is 0 Å². The minimum atomic E-state index is 1.31. The summed E-state index contributed by atoms with van der Waals surface area (Å²) in [5.41, 5.74) is 2.67. The van der Waals surface area contributed by atoms with E-state index in [2.05, 4.69) is 74.5 Å². The van der Waals surface area contributed by atoms with Gasteiger partial charge in [0.2, 0.25) is 0 Å². The van der Waals surface area contributed by atoms with Crippen molar-refractivity contribution in [3.05, 3.63) is 65.7 Å². The monoisotopic (exact) mass is 232 g/mol. The Morgan fingerprint density at radius 1 is 0.833 bits per heavy atom. The lowest BCUT2D eigenvalue weighted by atomic mass is 9.94. The van der Waals surface area contributed by atoms with Gasteiger partial charge in [-0.25, -0.2) is 0 Å². The fraction of sp³-hybridized carbons (Fsp3) is 0.111. The van der Waals surface area contributed by atoms with Crippen molar-refractivity contribution in [1.82, 2.24) is 0 Å². The van der Waals surface area contributed by atoms with E-state index in [0.29, 0.717) is 0 Å². The van der Waals surface area contributed by atoms with Crippen LogP contribution in [0.15, 0.2) is 54.6 Å². The molecule has 0 saturated carbocycles. The van der Waals surface area contributed by atoms with Gasteiger partial charge in [-0.1, -0.05) is 60.7 Å². The summed E-state index contributed by atoms with van der Waals surface area (Å²) in [6.45, 7) is 4.25. The highest BCUT2D eigenvalue weighted by Crippen LogP contribution is 2.30. The van der Waals surface area contributed by atoms with Crippen LogP contribution in [0.25, 0.3) is 27.6 Å². The van der Waals surface area contributed by atoms with Crippen LogP contribution in [0.3, 0.4) is 0 Å². The zero-order valence-electron chi connectivity index (χ0n) is 10.8. The molecule has 0 aliphatic heterocycles. The molecule has 0 heterocycles. The van der Waals surface area contributed by atoms with Crippen molar-refractivity contribution >= 4 is 27.6 Å². The Kier molecular flexibility index (Phi) is 2.64. The van der Waals surface area contributed by atoms with E-state index >= 15 is 0 Å². The predicted molar refractivity (Wildman–Crippen MR) is 80.9 cm³/mol. The molecule has 0 atom stereocenters. The maximum absolute atomic E-state index is 2.21. The van der Waals surface area contributed by atoms with Gasteiger partial charge in [0.25, 0.3) is 0 Å². The van der Waals surface area contributed by atoms with Crippen LogP contribution in [0.1, 0.15) is 18.1 Å². The highest BCUT2D eigenvalue weighted by molar-refractivity contribution is 6.11. The van der Waals surface area contributed by atoms with Crippen LogP contribution in [0.4, 0.5) is 0 Å². The molecular weight excluding hydrogens is 216 g/mol. The quantitative estimate of drug-likeness (QED) is 0.497. The van der Waals surface area contributed by atoms with Crippen molar-refractivity contribution in [3.8, 4) is 0 Å². The van der Waals surface area contributed by atoms with Crippen molar-refractivity contribution in [2.45, 2.75) is 13.8 Å². The first-order valence-corrected chi connectivity index (χ1v) is 6.35. The van der Waals surface area contributed by atoms with Gasteiger partial charge in [-0.3, -0.25) is 0 Å². The van der Waals surface area contributed by atoms with Crippen LogP contribution in [0.5, 0.6) is 0 Å². The van der Waals surface area contributed by atoms with Gasteiger partial charge in [0, 0.05) is 0 Å². The largest absolute Gasteiger partial charge is 0.0870 e. The third-order valence-electron chi connectivity index (χ3n) is 3.50. The molecular formula is C18H16. The van der Waals surface area contributed by atoms with E-state index in [4.69, 9.17) is 0 Å². The maximum Gasteiger partial charge on any atom is -0.00303 e. The molecule has 3 rings (SSSR count). The van der Waals surface area contributed by atoms with E-state index in [1.165, 1.54) is 32.7 Å². The van der Waals surface area contributed by atoms with Crippen LogP contribution < -0.4 is 0 Å². The van der Waals surface area contributed by atoms with E-state index < -0.39 is 0 Å². The van der Waals surface area contributed by atoms with Crippen molar-refractivity contribution in [2.24, 2.45) is 0 Å². The number of benzene rings is 3. The first-order valence-electron chi connectivity index (χ1n) is 6.35. The molecule has 0 amide bonds. The molecule has 0 saturated heterocycles. The van der Waals surface area contributed by atoms with Crippen LogP contribution >= 0.6 is 0 Å². The summed E-state index contributed by atoms with van der Waals surface area (Å²) in [4.78, 5) is 0. The standard InChI is InChI=1S/C18H16/c1-3-6-16-13(2)9-10-15-12-11-14-7-4-5-8-17(14)18(15)16/h3-12H,1-2H3. The Morgan fingerprint density at radius 2 is 1.56 bits per heavy atom. The van der Waals surface area contributed by atoms with Crippen LogP contribution in [-0.2, 0) is 0 Å². The summed E-state index contributed by atoms with van der Waals surface area (Å²) in [7, 11) is 0. The minimum absolute atomic E-state index is 1.31. The Bertz CT molecular complexity index is 748. The third kappa shape index (κ3) is 1.62. The molecule has 0 heteroatoms. The molecule has 88 valence electrons. The molecule has 0 aliphatic rings. The number of allylic oxidation sites excluding steroid dienone is 1. The average molecular weight is 232 g/mol. The molecule has 0 aromatic heterocycles. The minimum Gasteiger partial charge on any atom is -0.0870 e. The smallest absolute Gasteiger partial charge is 0.00303 e. The van der Waals surface area contributed by atoms with E-state index in [0.717, 1.165) is 0 Å². The second-order valence-corrected chi connectivity index (χ2v) is 4.68. The topological polar surface area (TPSA) is 0 Å². The maximum atomic E-state index is 2.21. The molecule has 0 fully saturated rings. The molecule has 0 aliphatic carbocycles. The van der Waals surface area contributed by atoms with E-state index in [9.17, 15) is 0 Å². The fourth-order valence-electron chi connectivity index (χ4n) is 2.61. The van der Waals surface area contributed by atoms with Gasteiger partial charge in [0.05, 0.1) is 0 Å². The zero-order valence-corrected chi connectivity index (χ0v) is 10.8. The fourth-order valence-corrected chi connectivity index (χ4v) is 2.61. The number of fused-ring (bicyclic) bond motifs is 3. The first kappa shape index (κ1) is 11.0. The van der Waals surface area contributed by atoms with Crippen molar-refractivity contribution in [1.29, 1.82) is 0 Å². The zero-order chi connectivity index (χ0) is 12.5. The molecule has 0 N–H and O–H groups in total. The Labute approximate surface area is 108 Å². The SMILES string of the molecule is CC=Cc1c(C)ccc2ccc3ccccc3c12. The molecule has 0 radical (unpaired) electrons. The predicted octanol–water partition coefficient (Wildman–Crippen LogP) is 5.33. The van der Waals surface area contributed by atoms with Crippen LogP contribution in [-0.4, -0.2) is 0 Å². The lowest BCUT2D eigenvalue weighted by molar-refractivity contribution is 1.48. The third-order valence-corrected chi connectivity index (χ3v) is 3.50. The summed E-state index contributed by atoms with van der Waals surface area (Å²) in [6, 6.07) is 17.4. The number of rotatable bonds is 1. The molecule has 0 unspecified atom stereocenters. The lowest BCUT2D eigenvalue weighted by Gasteiger charge is -2.10. The van der Waals surface area contributed by atoms with Gasteiger partial charge < -0.3 is 0 Å². The second kappa shape index (κ2) is 4.30. The summed E-state index contributed by atoms with van der Waals surface area (Å²) in [6.07, 6.45) is 4.33. The molecule has 0 bridgehead atoms. The molecule has 0 nitrogen and oxygen atoms in total. The Balaban J connectivity index is 2.57. The molecule has 18 heavy (non-hydrogen) atoms. The van der Waals surface area contributed by atoms with Crippen molar-refractivity contribution in [2.75, 3.05) is 0 Å². The van der Waals surface area contributed by atoms with E-state index in [1.54, 1.807) is 0 Å². The summed E-state index contributed by atoms with van der Waals surface area (Å²) >= 11 is 0. The average Bonchev–Trinajstić information content (AvgIpc) is 2.41. The summed E-state index contributed by atoms with van der Waals surface area (Å²) < 4.78 is 0. The Hall–Kier alpha value is -2.08. The lowest BCUT2D eigenvalue weighted by Crippen LogP contribution is -1.86. The van der Waals surface area contributed by atoms with Gasteiger partial charge >= 0.3 is 0 Å². The van der Waals surface area contributed by atoms with Crippen LogP contribution in [0, 0.1) is 6.92 Å². The number of aryl methyl sites for hydroxylation is 1. The van der Waals surface area contributed by atoms with Gasteiger partial charge in [0.15, 0.2) is 0 Å². The summed E-state index contributed by atoms with van der Waals surface area (Å²) in [5, 5.41) is 5.33. The normalized spacial score (nSPS) is 11.7. The molecule has 0 spiro atoms. The highest BCUT2D eigenvalue weighted by Gasteiger charge is 2.05. The second-order valence-electron chi connectivity index (χ2n) is 4.68. The van der Waals surface area contributed by atoms with Gasteiger partial charge in [-0.05, 0) is 46.5 Å². The summed E-state index contributed by atoms with van der Waals surface area (Å²) in [5.74, 6) is 0. The Morgan fingerprint density at radius 3 is 2.39 bits per heavy atom. The van der Waals surface area contributed by atoms with Crippen molar-refractivity contribution in [3.63, 3.8) is 0 Å². The number of hydrogen-bond acceptors (Lipinski definition) is 0. The van der Waals surface area contributed by atoms with Gasteiger partial charge in [-0.2, -0.15) is 0 Å². The molecule has 3 aromatic rings. The van der Waals surface area contributed by atoms with Crippen LogP contribution in [0.2, 0.25) is 0 Å². The first-order chi connectivity index (χ1) is 8.81. The van der Waals surface area contributed by atoms with Gasteiger partial charge in [-0.15, -0.1) is 0 Å². The van der Waals surface area contributed by atoms with E-state index in [1.807, 2.05) is 0 Å². The van der Waals surface area contributed by atoms with Gasteiger partial charge in [0.1, 0.15) is 0 Å². The molecule has 3 aromatic carbocycles. The number of hydrogen-bond donors (Lipinski definition) is 0. The van der Waals surface area contributed by atoms with Crippen molar-refractivity contribution < 1.29 is 0 Å².